The number of methoxy groups -OCH3 is 1. The van der Waals surface area contributed by atoms with Gasteiger partial charge in [-0.1, -0.05) is 6.07 Å². The Morgan fingerprint density at radius 2 is 2.06 bits per heavy atom. The summed E-state index contributed by atoms with van der Waals surface area (Å²) in [6, 6.07) is 4.17. The Hall–Kier alpha value is -1.48. The molecule has 96 valence electrons. The summed E-state index contributed by atoms with van der Waals surface area (Å²) in [5.74, 6) is 0.933. The molecule has 18 heavy (non-hydrogen) atoms. The number of aromatic nitrogens is 1. The molecule has 0 fully saturated rings. The predicted octanol–water partition coefficient (Wildman–Crippen LogP) is 2.91. The van der Waals surface area contributed by atoms with E-state index in [2.05, 4.69) is 37.1 Å². The maximum atomic E-state index is 5.46. The van der Waals surface area contributed by atoms with Crippen molar-refractivity contribution in [1.82, 2.24) is 10.3 Å². The lowest BCUT2D eigenvalue weighted by Crippen LogP contribution is -2.44. The van der Waals surface area contributed by atoms with Crippen LogP contribution in [0.15, 0.2) is 12.1 Å². The number of nitrogens with one attached hydrogen (secondary N) is 2. The average molecular weight is 244 g/mol. The summed E-state index contributed by atoms with van der Waals surface area (Å²) in [5, 5.41) is 4.92. The Morgan fingerprint density at radius 3 is 2.78 bits per heavy atom. The minimum Gasteiger partial charge on any atom is -0.495 e. The summed E-state index contributed by atoms with van der Waals surface area (Å²) in [5.41, 5.74) is 5.36. The molecule has 2 heterocycles. The Morgan fingerprint density at radius 1 is 1.28 bits per heavy atom. The van der Waals surface area contributed by atoms with Crippen LogP contribution in [0, 0.1) is 6.92 Å². The molecule has 0 amide bonds. The molecule has 3 rings (SSSR count). The molecule has 0 spiro atoms. The van der Waals surface area contributed by atoms with Crippen LogP contribution in [0.5, 0.6) is 5.75 Å². The van der Waals surface area contributed by atoms with Crippen LogP contribution in [-0.4, -0.2) is 17.6 Å². The minimum absolute atomic E-state index is 0.162. The van der Waals surface area contributed by atoms with Crippen molar-refractivity contribution in [2.24, 2.45) is 0 Å². The molecule has 3 heteroatoms. The number of benzene rings is 1. The molecule has 0 saturated heterocycles. The Kier molecular flexibility index (Phi) is 2.42. The normalized spacial score (nSPS) is 17.8. The molecule has 0 aliphatic carbocycles. The first kappa shape index (κ1) is 11.6. The first-order valence-corrected chi connectivity index (χ1v) is 6.44. The highest BCUT2D eigenvalue weighted by molar-refractivity contribution is 5.92. The molecule has 1 aromatic heterocycles. The van der Waals surface area contributed by atoms with E-state index in [1.54, 1.807) is 7.11 Å². The van der Waals surface area contributed by atoms with E-state index in [0.717, 1.165) is 24.2 Å². The van der Waals surface area contributed by atoms with Crippen LogP contribution < -0.4 is 10.1 Å². The number of ether oxygens (including phenoxy) is 1. The van der Waals surface area contributed by atoms with Crippen molar-refractivity contribution in [2.45, 2.75) is 39.3 Å². The van der Waals surface area contributed by atoms with Gasteiger partial charge in [0.1, 0.15) is 5.75 Å². The average Bonchev–Trinajstić information content (AvgIpc) is 2.67. The van der Waals surface area contributed by atoms with Gasteiger partial charge in [-0.15, -0.1) is 0 Å². The van der Waals surface area contributed by atoms with Gasteiger partial charge in [-0.25, -0.2) is 0 Å². The second-order valence-corrected chi connectivity index (χ2v) is 5.83. The van der Waals surface area contributed by atoms with Crippen LogP contribution >= 0.6 is 0 Å². The Labute approximate surface area is 108 Å². The van der Waals surface area contributed by atoms with Gasteiger partial charge in [0, 0.05) is 29.6 Å². The molecule has 1 aliphatic rings. The molecule has 2 aromatic rings. The van der Waals surface area contributed by atoms with E-state index in [1.807, 2.05) is 6.07 Å². The molecule has 0 unspecified atom stereocenters. The predicted molar refractivity (Wildman–Crippen MR) is 74.2 cm³/mol. The summed E-state index contributed by atoms with van der Waals surface area (Å²) >= 11 is 0. The zero-order valence-corrected chi connectivity index (χ0v) is 11.5. The fourth-order valence-electron chi connectivity index (χ4n) is 2.93. The standard InChI is InChI=1S/C15H20N2O/c1-9-5-6-12(18-4)14-13(9)10-8-16-15(2,3)7-11(10)17-14/h5-6,16-17H,7-8H2,1-4H3. The number of aryl methyl sites for hydroxylation is 1. The lowest BCUT2D eigenvalue weighted by molar-refractivity contribution is 0.360. The molecule has 1 aliphatic heterocycles. The van der Waals surface area contributed by atoms with Crippen LogP contribution in [-0.2, 0) is 13.0 Å². The minimum atomic E-state index is 0.162. The van der Waals surface area contributed by atoms with Gasteiger partial charge in [0.15, 0.2) is 0 Å². The monoisotopic (exact) mass is 244 g/mol. The van der Waals surface area contributed by atoms with E-state index in [0.29, 0.717) is 0 Å². The molecule has 0 saturated carbocycles. The Balaban J connectivity index is 2.27. The van der Waals surface area contributed by atoms with E-state index < -0.39 is 0 Å². The van der Waals surface area contributed by atoms with Crippen molar-refractivity contribution in [3.05, 3.63) is 29.0 Å². The van der Waals surface area contributed by atoms with Crippen LogP contribution in [0.4, 0.5) is 0 Å². The zero-order chi connectivity index (χ0) is 12.9. The third-order valence-corrected chi connectivity index (χ3v) is 3.90. The smallest absolute Gasteiger partial charge is 0.142 e. The third kappa shape index (κ3) is 1.62. The van der Waals surface area contributed by atoms with Crippen molar-refractivity contribution >= 4 is 10.9 Å². The highest BCUT2D eigenvalue weighted by Crippen LogP contribution is 2.35. The van der Waals surface area contributed by atoms with E-state index in [1.165, 1.54) is 22.2 Å². The largest absolute Gasteiger partial charge is 0.495 e. The second-order valence-electron chi connectivity index (χ2n) is 5.83. The molecule has 0 atom stereocenters. The highest BCUT2D eigenvalue weighted by atomic mass is 16.5. The fraction of sp³-hybridized carbons (Fsp3) is 0.467. The van der Waals surface area contributed by atoms with Crippen LogP contribution in [0.25, 0.3) is 10.9 Å². The molecular weight excluding hydrogens is 224 g/mol. The van der Waals surface area contributed by atoms with Gasteiger partial charge in [0.25, 0.3) is 0 Å². The van der Waals surface area contributed by atoms with Crippen LogP contribution in [0.3, 0.4) is 0 Å². The maximum absolute atomic E-state index is 5.46. The first-order chi connectivity index (χ1) is 8.52. The van der Waals surface area contributed by atoms with E-state index in [9.17, 15) is 0 Å². The summed E-state index contributed by atoms with van der Waals surface area (Å²) in [6.07, 6.45) is 1.03. The summed E-state index contributed by atoms with van der Waals surface area (Å²) < 4.78 is 5.46. The lowest BCUT2D eigenvalue weighted by atomic mass is 9.91. The first-order valence-electron chi connectivity index (χ1n) is 6.44. The van der Waals surface area contributed by atoms with Gasteiger partial charge in [-0.2, -0.15) is 0 Å². The maximum Gasteiger partial charge on any atom is 0.142 e. The number of H-pyrrole nitrogens is 1. The third-order valence-electron chi connectivity index (χ3n) is 3.90. The lowest BCUT2D eigenvalue weighted by Gasteiger charge is -2.31. The highest BCUT2D eigenvalue weighted by Gasteiger charge is 2.28. The van der Waals surface area contributed by atoms with Crippen molar-refractivity contribution < 1.29 is 4.74 Å². The summed E-state index contributed by atoms with van der Waals surface area (Å²) in [7, 11) is 1.73. The number of hydrogen-bond donors (Lipinski definition) is 2. The summed E-state index contributed by atoms with van der Waals surface area (Å²) in [4.78, 5) is 3.57. The van der Waals surface area contributed by atoms with Gasteiger partial charge in [0.05, 0.1) is 12.6 Å². The fourth-order valence-corrected chi connectivity index (χ4v) is 2.93. The number of fused-ring (bicyclic) bond motifs is 3. The van der Waals surface area contributed by atoms with E-state index in [4.69, 9.17) is 4.74 Å². The van der Waals surface area contributed by atoms with Crippen LogP contribution in [0.1, 0.15) is 30.7 Å². The van der Waals surface area contributed by atoms with Gasteiger partial charge >= 0.3 is 0 Å². The molecule has 0 bridgehead atoms. The quantitative estimate of drug-likeness (QED) is 0.809. The number of hydrogen-bond acceptors (Lipinski definition) is 2. The van der Waals surface area contributed by atoms with Crippen molar-refractivity contribution in [2.75, 3.05) is 7.11 Å². The molecule has 3 nitrogen and oxygen atoms in total. The van der Waals surface area contributed by atoms with Crippen molar-refractivity contribution in [3.8, 4) is 5.75 Å². The summed E-state index contributed by atoms with van der Waals surface area (Å²) in [6.45, 7) is 7.57. The van der Waals surface area contributed by atoms with Gasteiger partial charge in [-0.3, -0.25) is 0 Å². The Bertz CT molecular complexity index is 610. The van der Waals surface area contributed by atoms with Crippen molar-refractivity contribution in [1.29, 1.82) is 0 Å². The van der Waals surface area contributed by atoms with E-state index >= 15 is 0 Å². The molecule has 2 N–H and O–H groups in total. The second kappa shape index (κ2) is 3.75. The van der Waals surface area contributed by atoms with Gasteiger partial charge in [-0.05, 0) is 38.0 Å². The molecule has 1 aromatic carbocycles. The SMILES string of the molecule is COc1ccc(C)c2c3c([nH]c12)CC(C)(C)NC3. The zero-order valence-electron chi connectivity index (χ0n) is 11.5. The topological polar surface area (TPSA) is 37.0 Å². The molecular formula is C15H20N2O. The van der Waals surface area contributed by atoms with Crippen molar-refractivity contribution in [3.63, 3.8) is 0 Å². The number of rotatable bonds is 1. The van der Waals surface area contributed by atoms with Crippen LogP contribution in [0.2, 0.25) is 0 Å². The van der Waals surface area contributed by atoms with E-state index in [-0.39, 0.29) is 5.54 Å². The number of aromatic amines is 1. The van der Waals surface area contributed by atoms with Gasteiger partial charge in [0.2, 0.25) is 0 Å². The molecule has 0 radical (unpaired) electrons. The van der Waals surface area contributed by atoms with Gasteiger partial charge < -0.3 is 15.0 Å².